The fourth-order valence-corrected chi connectivity index (χ4v) is 1.48. The van der Waals surface area contributed by atoms with Gasteiger partial charge >= 0.3 is 0 Å². The largest absolute Gasteiger partial charge is 0.399 e. The first kappa shape index (κ1) is 7.37. The highest BCUT2D eigenvalue weighted by Gasteiger charge is 2.00. The number of nitrogen functional groups attached to an aromatic ring is 1. The standard InChI is InChI=1S/C10H12N2/c11-9-3-1-7-5-10(12)4-2-8(7)6-9/h1-3,5-6,10H,4,11-12H2. The first-order valence-electron chi connectivity index (χ1n) is 4.09. The lowest BCUT2D eigenvalue weighted by Crippen LogP contribution is -2.33. The molecule has 0 spiro atoms. The van der Waals surface area contributed by atoms with Crippen molar-refractivity contribution in [1.82, 2.24) is 0 Å². The fraction of sp³-hybridized carbons (Fsp3) is 0.200. The summed E-state index contributed by atoms with van der Waals surface area (Å²) in [7, 11) is 0. The summed E-state index contributed by atoms with van der Waals surface area (Å²) in [5, 5.41) is 2.40. The van der Waals surface area contributed by atoms with Crippen molar-refractivity contribution >= 4 is 17.8 Å². The summed E-state index contributed by atoms with van der Waals surface area (Å²) in [6, 6.07) is 6.07. The zero-order valence-electron chi connectivity index (χ0n) is 6.83. The van der Waals surface area contributed by atoms with Gasteiger partial charge in [-0.2, -0.15) is 0 Å². The molecule has 2 nitrogen and oxygen atoms in total. The van der Waals surface area contributed by atoms with Crippen LogP contribution in [-0.2, 0) is 0 Å². The summed E-state index contributed by atoms with van der Waals surface area (Å²) in [5.74, 6) is 0. The van der Waals surface area contributed by atoms with Gasteiger partial charge in [-0.25, -0.2) is 0 Å². The van der Waals surface area contributed by atoms with Crippen LogP contribution in [0.4, 0.5) is 5.69 Å². The SMILES string of the molecule is Nc1ccc2c(c1)=CCC(N)C=2. The van der Waals surface area contributed by atoms with E-state index in [1.807, 2.05) is 18.2 Å². The number of hydrogen-bond donors (Lipinski definition) is 2. The first-order valence-corrected chi connectivity index (χ1v) is 4.09. The molecule has 12 heavy (non-hydrogen) atoms. The zero-order valence-corrected chi connectivity index (χ0v) is 6.83. The van der Waals surface area contributed by atoms with Crippen molar-refractivity contribution in [2.24, 2.45) is 5.73 Å². The molecule has 1 unspecified atom stereocenters. The average Bonchev–Trinajstić information content (AvgIpc) is 2.05. The lowest BCUT2D eigenvalue weighted by atomic mass is 10.0. The molecule has 4 N–H and O–H groups in total. The molecule has 0 fully saturated rings. The number of fused-ring (bicyclic) bond motifs is 1. The van der Waals surface area contributed by atoms with Crippen molar-refractivity contribution < 1.29 is 0 Å². The summed E-state index contributed by atoms with van der Waals surface area (Å²) < 4.78 is 0. The number of benzene rings is 1. The Labute approximate surface area is 71.2 Å². The van der Waals surface area contributed by atoms with Crippen molar-refractivity contribution in [3.05, 3.63) is 28.6 Å². The van der Waals surface area contributed by atoms with E-state index in [-0.39, 0.29) is 6.04 Å². The molecule has 1 atom stereocenters. The fourth-order valence-electron chi connectivity index (χ4n) is 1.48. The molecule has 1 aliphatic carbocycles. The highest BCUT2D eigenvalue weighted by molar-refractivity contribution is 5.48. The molecule has 1 aromatic carbocycles. The molecule has 0 aromatic heterocycles. The summed E-state index contributed by atoms with van der Waals surface area (Å²) in [4.78, 5) is 0. The maximum atomic E-state index is 5.77. The summed E-state index contributed by atoms with van der Waals surface area (Å²) in [5.41, 5.74) is 12.2. The van der Waals surface area contributed by atoms with Crippen molar-refractivity contribution in [2.75, 3.05) is 5.73 Å². The average molecular weight is 160 g/mol. The Morgan fingerprint density at radius 2 is 2.08 bits per heavy atom. The van der Waals surface area contributed by atoms with Crippen LogP contribution >= 0.6 is 0 Å². The third-order valence-corrected chi connectivity index (χ3v) is 2.11. The van der Waals surface area contributed by atoms with E-state index in [1.54, 1.807) is 0 Å². The molecule has 0 aliphatic heterocycles. The molecule has 0 amide bonds. The van der Waals surface area contributed by atoms with Crippen LogP contribution in [0.25, 0.3) is 12.2 Å². The Kier molecular flexibility index (Phi) is 1.62. The van der Waals surface area contributed by atoms with Crippen molar-refractivity contribution in [1.29, 1.82) is 0 Å². The minimum absolute atomic E-state index is 0.168. The lowest BCUT2D eigenvalue weighted by Gasteiger charge is -2.07. The third-order valence-electron chi connectivity index (χ3n) is 2.11. The molecule has 1 aromatic rings. The van der Waals surface area contributed by atoms with Crippen LogP contribution in [-0.4, -0.2) is 6.04 Å². The van der Waals surface area contributed by atoms with Crippen molar-refractivity contribution in [3.8, 4) is 0 Å². The maximum Gasteiger partial charge on any atom is 0.0320 e. The second-order valence-electron chi connectivity index (χ2n) is 3.16. The predicted molar refractivity (Wildman–Crippen MR) is 51.6 cm³/mol. The molecule has 0 radical (unpaired) electrons. The van der Waals surface area contributed by atoms with Crippen molar-refractivity contribution in [2.45, 2.75) is 12.5 Å². The van der Waals surface area contributed by atoms with Crippen LogP contribution in [0.5, 0.6) is 0 Å². The minimum atomic E-state index is 0.168. The molecular weight excluding hydrogens is 148 g/mol. The minimum Gasteiger partial charge on any atom is -0.399 e. The molecule has 2 rings (SSSR count). The second-order valence-corrected chi connectivity index (χ2v) is 3.16. The summed E-state index contributed by atoms with van der Waals surface area (Å²) in [6.45, 7) is 0. The predicted octanol–water partition coefficient (Wildman–Crippen LogP) is -0.439. The van der Waals surface area contributed by atoms with Gasteiger partial charge < -0.3 is 11.5 Å². The number of hydrogen-bond acceptors (Lipinski definition) is 2. The molecule has 0 heterocycles. The normalized spacial score (nSPS) is 20.6. The van der Waals surface area contributed by atoms with Gasteiger partial charge in [0.15, 0.2) is 0 Å². The van der Waals surface area contributed by atoms with E-state index in [1.165, 1.54) is 10.4 Å². The van der Waals surface area contributed by atoms with Gasteiger partial charge in [0, 0.05) is 11.7 Å². The van der Waals surface area contributed by atoms with Gasteiger partial charge in [-0.1, -0.05) is 18.2 Å². The van der Waals surface area contributed by atoms with Crippen LogP contribution in [0.1, 0.15) is 6.42 Å². The molecule has 62 valence electrons. The highest BCUT2D eigenvalue weighted by Crippen LogP contribution is 1.97. The molecular formula is C10H12N2. The highest BCUT2D eigenvalue weighted by atomic mass is 14.6. The van der Waals surface area contributed by atoms with Gasteiger partial charge in [0.1, 0.15) is 0 Å². The van der Waals surface area contributed by atoms with E-state index in [9.17, 15) is 0 Å². The maximum absolute atomic E-state index is 5.77. The lowest BCUT2D eigenvalue weighted by molar-refractivity contribution is 0.887. The van der Waals surface area contributed by atoms with E-state index < -0.39 is 0 Å². The first-order chi connectivity index (χ1) is 5.75. The topological polar surface area (TPSA) is 52.0 Å². The van der Waals surface area contributed by atoms with E-state index in [0.717, 1.165) is 12.1 Å². The zero-order chi connectivity index (χ0) is 8.55. The van der Waals surface area contributed by atoms with E-state index >= 15 is 0 Å². The van der Waals surface area contributed by atoms with Gasteiger partial charge in [-0.05, 0) is 29.0 Å². The van der Waals surface area contributed by atoms with E-state index in [0.29, 0.717) is 0 Å². The van der Waals surface area contributed by atoms with Crippen LogP contribution in [0, 0.1) is 0 Å². The third kappa shape index (κ3) is 1.21. The molecule has 0 saturated carbocycles. The number of nitrogens with two attached hydrogens (primary N) is 2. The Morgan fingerprint density at radius 1 is 1.25 bits per heavy atom. The van der Waals surface area contributed by atoms with Gasteiger partial charge in [0.25, 0.3) is 0 Å². The quantitative estimate of drug-likeness (QED) is 0.506. The van der Waals surface area contributed by atoms with E-state index in [2.05, 4.69) is 12.2 Å². The van der Waals surface area contributed by atoms with Crippen LogP contribution in [0.15, 0.2) is 18.2 Å². The number of anilines is 1. The van der Waals surface area contributed by atoms with E-state index in [4.69, 9.17) is 11.5 Å². The molecule has 0 saturated heterocycles. The van der Waals surface area contributed by atoms with Crippen LogP contribution in [0.3, 0.4) is 0 Å². The Morgan fingerprint density at radius 3 is 2.92 bits per heavy atom. The molecule has 2 heteroatoms. The Hall–Kier alpha value is -1.28. The summed E-state index contributed by atoms with van der Waals surface area (Å²) >= 11 is 0. The molecule has 1 aliphatic rings. The second kappa shape index (κ2) is 2.64. The van der Waals surface area contributed by atoms with Gasteiger partial charge in [-0.3, -0.25) is 0 Å². The van der Waals surface area contributed by atoms with Gasteiger partial charge in [0.2, 0.25) is 0 Å². The summed E-state index contributed by atoms with van der Waals surface area (Å²) in [6.07, 6.45) is 5.13. The monoisotopic (exact) mass is 160 g/mol. The van der Waals surface area contributed by atoms with Crippen molar-refractivity contribution in [3.63, 3.8) is 0 Å². The Bertz CT molecular complexity index is 406. The van der Waals surface area contributed by atoms with Crippen LogP contribution < -0.4 is 21.9 Å². The van der Waals surface area contributed by atoms with Gasteiger partial charge in [0.05, 0.1) is 0 Å². The van der Waals surface area contributed by atoms with Crippen LogP contribution in [0.2, 0.25) is 0 Å². The molecule has 0 bridgehead atoms. The van der Waals surface area contributed by atoms with Gasteiger partial charge in [-0.15, -0.1) is 0 Å². The number of rotatable bonds is 0. The smallest absolute Gasteiger partial charge is 0.0320 e. The Balaban J connectivity index is 2.71.